The molecule has 5 heteroatoms. The summed E-state index contributed by atoms with van der Waals surface area (Å²) in [5.74, 6) is -0.317. The molecule has 1 rings (SSSR count). The number of rotatable bonds is 4. The molecule has 0 bridgehead atoms. The van der Waals surface area contributed by atoms with Gasteiger partial charge >= 0.3 is 6.18 Å². The van der Waals surface area contributed by atoms with Gasteiger partial charge in [-0.1, -0.05) is 28.1 Å². The van der Waals surface area contributed by atoms with Gasteiger partial charge in [-0.25, -0.2) is 0 Å². The number of carbonyl (C=O) groups is 1. The normalized spacial score (nSPS) is 11.3. The van der Waals surface area contributed by atoms with Crippen LogP contribution in [0, 0.1) is 0 Å². The molecule has 0 amide bonds. The van der Waals surface area contributed by atoms with Crippen LogP contribution in [-0.4, -0.2) is 5.78 Å². The molecular weight excluding hydrogens is 297 g/mol. The van der Waals surface area contributed by atoms with E-state index in [1.807, 2.05) is 0 Å². The standard InChI is InChI=1S/C12H10BrF3O/c1-2-3-4-11(17)8-5-6-10(13)9(7-8)12(14,15)16/h2,5-7H,1,3-4H2. The minimum Gasteiger partial charge on any atom is -0.294 e. The van der Waals surface area contributed by atoms with Crippen LogP contribution in [-0.2, 0) is 6.18 Å². The predicted molar refractivity (Wildman–Crippen MR) is 62.9 cm³/mol. The van der Waals surface area contributed by atoms with Gasteiger partial charge in [0.1, 0.15) is 0 Å². The summed E-state index contributed by atoms with van der Waals surface area (Å²) < 4.78 is 37.7. The third-order valence-electron chi connectivity index (χ3n) is 2.17. The summed E-state index contributed by atoms with van der Waals surface area (Å²) in [6, 6.07) is 3.49. The highest BCUT2D eigenvalue weighted by Crippen LogP contribution is 2.35. The minimum atomic E-state index is -4.46. The summed E-state index contributed by atoms with van der Waals surface area (Å²) in [5, 5.41) is 0. The van der Waals surface area contributed by atoms with Crippen molar-refractivity contribution < 1.29 is 18.0 Å². The topological polar surface area (TPSA) is 17.1 Å². The van der Waals surface area contributed by atoms with E-state index in [0.717, 1.165) is 6.07 Å². The van der Waals surface area contributed by atoms with Gasteiger partial charge in [0.25, 0.3) is 0 Å². The SMILES string of the molecule is C=CCCC(=O)c1ccc(Br)c(C(F)(F)F)c1. The lowest BCUT2D eigenvalue weighted by Crippen LogP contribution is -2.08. The number of benzene rings is 1. The van der Waals surface area contributed by atoms with Crippen LogP contribution in [0.1, 0.15) is 28.8 Å². The lowest BCUT2D eigenvalue weighted by Gasteiger charge is -2.10. The van der Waals surface area contributed by atoms with Gasteiger partial charge in [-0.05, 0) is 18.6 Å². The van der Waals surface area contributed by atoms with Crippen molar-refractivity contribution >= 4 is 21.7 Å². The predicted octanol–water partition coefficient (Wildman–Crippen LogP) is 4.62. The van der Waals surface area contributed by atoms with Crippen molar-refractivity contribution in [1.82, 2.24) is 0 Å². The maximum absolute atomic E-state index is 12.6. The Morgan fingerprint density at radius 1 is 1.41 bits per heavy atom. The number of allylic oxidation sites excluding steroid dienone is 1. The van der Waals surface area contributed by atoms with E-state index >= 15 is 0 Å². The molecule has 0 saturated heterocycles. The second kappa shape index (κ2) is 5.49. The van der Waals surface area contributed by atoms with Crippen molar-refractivity contribution in [2.45, 2.75) is 19.0 Å². The summed E-state index contributed by atoms with van der Waals surface area (Å²) in [6.45, 7) is 3.46. The Balaban J connectivity index is 3.04. The average molecular weight is 307 g/mol. The molecule has 0 saturated carbocycles. The molecule has 1 nitrogen and oxygen atoms in total. The first-order valence-corrected chi connectivity index (χ1v) is 5.66. The molecule has 92 valence electrons. The molecule has 0 N–H and O–H groups in total. The molecule has 1 aromatic rings. The van der Waals surface area contributed by atoms with Gasteiger partial charge < -0.3 is 0 Å². The lowest BCUT2D eigenvalue weighted by atomic mass is 10.0. The third-order valence-corrected chi connectivity index (χ3v) is 2.86. The van der Waals surface area contributed by atoms with Crippen LogP contribution in [0.3, 0.4) is 0 Å². The molecule has 0 aliphatic heterocycles. The Morgan fingerprint density at radius 3 is 2.59 bits per heavy atom. The number of halogens is 4. The molecular formula is C12H10BrF3O. The van der Waals surface area contributed by atoms with E-state index in [9.17, 15) is 18.0 Å². The largest absolute Gasteiger partial charge is 0.417 e. The number of ketones is 1. The van der Waals surface area contributed by atoms with Gasteiger partial charge in [0.2, 0.25) is 0 Å². The summed E-state index contributed by atoms with van der Waals surface area (Å²) in [7, 11) is 0. The molecule has 0 unspecified atom stereocenters. The Labute approximate surface area is 105 Å². The smallest absolute Gasteiger partial charge is 0.294 e. The van der Waals surface area contributed by atoms with Gasteiger partial charge in [-0.2, -0.15) is 13.2 Å². The highest BCUT2D eigenvalue weighted by atomic mass is 79.9. The van der Waals surface area contributed by atoms with E-state index in [4.69, 9.17) is 0 Å². The fourth-order valence-corrected chi connectivity index (χ4v) is 1.76. The summed E-state index contributed by atoms with van der Waals surface area (Å²) in [6.07, 6.45) is -2.28. The highest BCUT2D eigenvalue weighted by Gasteiger charge is 2.33. The second-order valence-electron chi connectivity index (χ2n) is 3.44. The first-order valence-electron chi connectivity index (χ1n) is 4.87. The Hall–Kier alpha value is -1.10. The maximum atomic E-state index is 12.6. The van der Waals surface area contributed by atoms with Crippen LogP contribution in [0.25, 0.3) is 0 Å². The van der Waals surface area contributed by atoms with Crippen molar-refractivity contribution in [3.05, 3.63) is 46.5 Å². The highest BCUT2D eigenvalue weighted by molar-refractivity contribution is 9.10. The van der Waals surface area contributed by atoms with E-state index in [1.54, 1.807) is 6.08 Å². The molecule has 0 atom stereocenters. The summed E-state index contributed by atoms with van der Waals surface area (Å²) >= 11 is 2.82. The van der Waals surface area contributed by atoms with E-state index in [2.05, 4.69) is 22.5 Å². The van der Waals surface area contributed by atoms with Crippen LogP contribution in [0.4, 0.5) is 13.2 Å². The number of Topliss-reactive ketones (excluding diaryl/α,β-unsaturated/α-hetero) is 1. The number of hydrogen-bond acceptors (Lipinski definition) is 1. The Bertz CT molecular complexity index is 438. The van der Waals surface area contributed by atoms with Crippen molar-refractivity contribution in [2.75, 3.05) is 0 Å². The average Bonchev–Trinajstić information content (AvgIpc) is 2.25. The van der Waals surface area contributed by atoms with E-state index < -0.39 is 11.7 Å². The quantitative estimate of drug-likeness (QED) is 0.586. The Kier molecular flexibility index (Phi) is 4.51. The van der Waals surface area contributed by atoms with Gasteiger partial charge in [0.05, 0.1) is 5.56 Å². The molecule has 0 radical (unpaired) electrons. The molecule has 0 aliphatic rings. The van der Waals surface area contributed by atoms with Crippen LogP contribution in [0.2, 0.25) is 0 Å². The lowest BCUT2D eigenvalue weighted by molar-refractivity contribution is -0.138. The van der Waals surface area contributed by atoms with Crippen molar-refractivity contribution in [1.29, 1.82) is 0 Å². The fraction of sp³-hybridized carbons (Fsp3) is 0.250. The molecule has 0 aromatic heterocycles. The van der Waals surface area contributed by atoms with Crippen LogP contribution in [0.5, 0.6) is 0 Å². The second-order valence-corrected chi connectivity index (χ2v) is 4.30. The van der Waals surface area contributed by atoms with E-state index in [-0.39, 0.29) is 22.2 Å². The molecule has 0 heterocycles. The molecule has 0 spiro atoms. The van der Waals surface area contributed by atoms with Crippen molar-refractivity contribution in [3.63, 3.8) is 0 Å². The van der Waals surface area contributed by atoms with Crippen LogP contribution in [0.15, 0.2) is 35.3 Å². The first kappa shape index (κ1) is 14.0. The summed E-state index contributed by atoms with van der Waals surface area (Å²) in [4.78, 5) is 11.6. The zero-order valence-corrected chi connectivity index (χ0v) is 10.4. The minimum absolute atomic E-state index is 0.0646. The van der Waals surface area contributed by atoms with Gasteiger partial charge in [-0.3, -0.25) is 4.79 Å². The van der Waals surface area contributed by atoms with Gasteiger partial charge in [0.15, 0.2) is 5.78 Å². The fourth-order valence-electron chi connectivity index (χ4n) is 1.29. The number of alkyl halides is 3. The molecule has 0 fully saturated rings. The van der Waals surface area contributed by atoms with Gasteiger partial charge in [0, 0.05) is 16.5 Å². The van der Waals surface area contributed by atoms with Crippen molar-refractivity contribution in [2.24, 2.45) is 0 Å². The van der Waals surface area contributed by atoms with Gasteiger partial charge in [-0.15, -0.1) is 6.58 Å². The molecule has 0 aliphatic carbocycles. The zero-order chi connectivity index (χ0) is 13.1. The van der Waals surface area contributed by atoms with E-state index in [0.29, 0.717) is 6.42 Å². The van der Waals surface area contributed by atoms with Crippen LogP contribution < -0.4 is 0 Å². The number of carbonyl (C=O) groups excluding carboxylic acids is 1. The van der Waals surface area contributed by atoms with Crippen molar-refractivity contribution in [3.8, 4) is 0 Å². The first-order chi connectivity index (χ1) is 7.86. The zero-order valence-electron chi connectivity index (χ0n) is 8.85. The van der Waals surface area contributed by atoms with Crippen LogP contribution >= 0.6 is 15.9 Å². The monoisotopic (exact) mass is 306 g/mol. The molecule has 17 heavy (non-hydrogen) atoms. The third kappa shape index (κ3) is 3.70. The maximum Gasteiger partial charge on any atom is 0.417 e. The van der Waals surface area contributed by atoms with E-state index in [1.165, 1.54) is 12.1 Å². The number of hydrogen-bond donors (Lipinski definition) is 0. The summed E-state index contributed by atoms with van der Waals surface area (Å²) in [5.41, 5.74) is -0.760. The Morgan fingerprint density at radius 2 is 2.06 bits per heavy atom. The molecule has 1 aromatic carbocycles.